The second-order valence-corrected chi connectivity index (χ2v) is 10.7. The van der Waals surface area contributed by atoms with E-state index in [1.54, 1.807) is 11.8 Å². The number of H-pyrrole nitrogens is 1. The van der Waals surface area contributed by atoms with E-state index in [1.165, 1.54) is 0 Å². The van der Waals surface area contributed by atoms with Crippen molar-refractivity contribution in [1.29, 1.82) is 0 Å². The number of carbonyl (C=O) groups excluding carboxylic acids is 1. The highest BCUT2D eigenvalue weighted by molar-refractivity contribution is 7.99. The van der Waals surface area contributed by atoms with Crippen molar-refractivity contribution in [2.24, 2.45) is 0 Å². The minimum atomic E-state index is 0.0679. The van der Waals surface area contributed by atoms with Gasteiger partial charge in [-0.1, -0.05) is 36.0 Å². The highest BCUT2D eigenvalue weighted by Crippen LogP contribution is 2.34. The average Bonchev–Trinajstić information content (AvgIpc) is 3.36. The fourth-order valence-corrected chi connectivity index (χ4v) is 4.82. The number of hydrogen-bond acceptors (Lipinski definition) is 7. The monoisotopic (exact) mass is 553 g/mol. The molecular weight excluding hydrogens is 510 g/mol. The molecule has 0 aliphatic rings. The Morgan fingerprint density at radius 2 is 1.49 bits per heavy atom. The summed E-state index contributed by atoms with van der Waals surface area (Å²) in [6, 6.07) is 17.0. The molecule has 8 nitrogen and oxygen atoms in total. The van der Waals surface area contributed by atoms with Gasteiger partial charge in [0.15, 0.2) is 5.16 Å². The summed E-state index contributed by atoms with van der Waals surface area (Å²) in [5.74, 6) is 0.956. The second kappa shape index (κ2) is 16.2. The maximum Gasteiger partial charge on any atom is 0.220 e. The van der Waals surface area contributed by atoms with Crippen molar-refractivity contribution in [2.45, 2.75) is 31.3 Å². The molecule has 0 fully saturated rings. The van der Waals surface area contributed by atoms with E-state index in [0.29, 0.717) is 39.4 Å². The molecule has 39 heavy (non-hydrogen) atoms. The van der Waals surface area contributed by atoms with Gasteiger partial charge in [-0.3, -0.25) is 4.79 Å². The molecule has 0 bridgehead atoms. The fourth-order valence-electron chi connectivity index (χ4n) is 3.95. The smallest absolute Gasteiger partial charge is 0.220 e. The summed E-state index contributed by atoms with van der Waals surface area (Å²) in [4.78, 5) is 24.8. The zero-order chi connectivity index (χ0) is 28.0. The third kappa shape index (κ3) is 9.91. The van der Waals surface area contributed by atoms with E-state index in [4.69, 9.17) is 14.5 Å². The van der Waals surface area contributed by atoms with Crippen LogP contribution in [0.5, 0.6) is 0 Å². The number of amides is 1. The van der Waals surface area contributed by atoms with Crippen molar-refractivity contribution in [2.75, 3.05) is 76.7 Å². The lowest BCUT2D eigenvalue weighted by atomic mass is 10.0. The summed E-state index contributed by atoms with van der Waals surface area (Å²) >= 11 is 1.70. The van der Waals surface area contributed by atoms with Gasteiger partial charge < -0.3 is 29.6 Å². The number of nitrogens with zero attached hydrogens (tertiary/aromatic N) is 3. The van der Waals surface area contributed by atoms with Crippen LogP contribution in [0.25, 0.3) is 22.5 Å². The van der Waals surface area contributed by atoms with E-state index in [0.717, 1.165) is 57.6 Å². The lowest BCUT2D eigenvalue weighted by Gasteiger charge is -2.13. The first kappa shape index (κ1) is 30.5. The Morgan fingerprint density at radius 1 is 0.872 bits per heavy atom. The number of benzene rings is 2. The van der Waals surface area contributed by atoms with Crippen LogP contribution in [0.15, 0.2) is 53.7 Å². The molecule has 0 atom stereocenters. The summed E-state index contributed by atoms with van der Waals surface area (Å²) in [5, 5.41) is 3.81. The van der Waals surface area contributed by atoms with E-state index in [1.807, 2.05) is 35.1 Å². The first-order chi connectivity index (χ1) is 18.9. The number of thioether (sulfide) groups is 1. The Hall–Kier alpha value is -3.01. The molecular formula is C30H43N5O3S. The third-order valence-corrected chi connectivity index (χ3v) is 7.15. The lowest BCUT2D eigenvalue weighted by Crippen LogP contribution is -2.27. The molecule has 3 rings (SSSR count). The normalized spacial score (nSPS) is 11.0. The number of aromatic amines is 1. The number of imidazole rings is 1. The van der Waals surface area contributed by atoms with Gasteiger partial charge in [0.2, 0.25) is 5.91 Å². The summed E-state index contributed by atoms with van der Waals surface area (Å²) in [7, 11) is 8.17. The van der Waals surface area contributed by atoms with Gasteiger partial charge >= 0.3 is 0 Å². The van der Waals surface area contributed by atoms with Gasteiger partial charge in [0.25, 0.3) is 0 Å². The van der Waals surface area contributed by atoms with E-state index in [-0.39, 0.29) is 5.91 Å². The molecule has 0 radical (unpaired) electrons. The zero-order valence-corrected chi connectivity index (χ0v) is 24.8. The molecule has 0 saturated heterocycles. The van der Waals surface area contributed by atoms with E-state index in [9.17, 15) is 4.79 Å². The molecule has 0 spiro atoms. The maximum atomic E-state index is 12.1. The molecule has 0 unspecified atom stereocenters. The standard InChI is InChI=1S/C30H43N5O3S/c1-6-37-20-21-38-19-18-31-27(36)9-7-8-22-39-30-32-28(23-10-14-25(15-11-23)34(2)3)29(33-30)24-12-16-26(17-13-24)35(4)5/h10-17H,6-9,18-22H2,1-5H3,(H,31,36)(H,32,33). The van der Waals surface area contributed by atoms with Crippen LogP contribution in [0.3, 0.4) is 0 Å². The fraction of sp³-hybridized carbons (Fsp3) is 0.467. The van der Waals surface area contributed by atoms with Crippen molar-refractivity contribution in [3.8, 4) is 22.5 Å². The molecule has 9 heteroatoms. The minimum absolute atomic E-state index is 0.0679. The van der Waals surface area contributed by atoms with E-state index < -0.39 is 0 Å². The van der Waals surface area contributed by atoms with Crippen LogP contribution in [-0.2, 0) is 14.3 Å². The molecule has 2 N–H and O–H groups in total. The van der Waals surface area contributed by atoms with Gasteiger partial charge in [-0.05, 0) is 44.0 Å². The SMILES string of the molecule is CCOCCOCCNC(=O)CCCCSc1nc(-c2ccc(N(C)C)cc2)c(-c2ccc(N(C)C)cc2)[nH]1. The number of nitrogens with one attached hydrogen (secondary N) is 2. The average molecular weight is 554 g/mol. The van der Waals surface area contributed by atoms with Crippen molar-refractivity contribution in [3.63, 3.8) is 0 Å². The molecule has 1 heterocycles. The van der Waals surface area contributed by atoms with Gasteiger partial charge in [0, 0.05) is 76.0 Å². The Kier molecular flexibility index (Phi) is 12.7. The number of rotatable bonds is 17. The highest BCUT2D eigenvalue weighted by atomic mass is 32.2. The molecule has 0 saturated carbocycles. The Balaban J connectivity index is 1.55. The minimum Gasteiger partial charge on any atom is -0.379 e. The molecule has 212 valence electrons. The van der Waals surface area contributed by atoms with Gasteiger partial charge in [-0.15, -0.1) is 0 Å². The Morgan fingerprint density at radius 3 is 2.10 bits per heavy atom. The maximum absolute atomic E-state index is 12.1. The molecule has 1 aromatic heterocycles. The van der Waals surface area contributed by atoms with Gasteiger partial charge in [-0.25, -0.2) is 4.98 Å². The summed E-state index contributed by atoms with van der Waals surface area (Å²) in [6.07, 6.45) is 2.29. The molecule has 0 aliphatic carbocycles. The second-order valence-electron chi connectivity index (χ2n) is 9.61. The number of hydrogen-bond donors (Lipinski definition) is 2. The van der Waals surface area contributed by atoms with Crippen molar-refractivity contribution in [3.05, 3.63) is 48.5 Å². The number of carbonyl (C=O) groups is 1. The largest absolute Gasteiger partial charge is 0.379 e. The Labute approximate surface area is 237 Å². The van der Waals surface area contributed by atoms with Crippen molar-refractivity contribution >= 4 is 29.0 Å². The Bertz CT molecular complexity index is 1060. The number of unbranched alkanes of at least 4 members (excludes halogenated alkanes) is 1. The molecule has 2 aromatic carbocycles. The third-order valence-electron chi connectivity index (χ3n) is 6.19. The van der Waals surface area contributed by atoms with Gasteiger partial charge in [0.05, 0.1) is 31.2 Å². The predicted octanol–water partition coefficient (Wildman–Crippen LogP) is 5.31. The summed E-state index contributed by atoms with van der Waals surface area (Å²) < 4.78 is 10.7. The molecule has 1 amide bonds. The van der Waals surface area contributed by atoms with Crippen LogP contribution in [0, 0.1) is 0 Å². The van der Waals surface area contributed by atoms with Crippen molar-refractivity contribution in [1.82, 2.24) is 15.3 Å². The topological polar surface area (TPSA) is 82.7 Å². The predicted molar refractivity (Wildman–Crippen MR) is 163 cm³/mol. The van der Waals surface area contributed by atoms with Crippen LogP contribution < -0.4 is 15.1 Å². The van der Waals surface area contributed by atoms with Crippen LogP contribution in [0.2, 0.25) is 0 Å². The van der Waals surface area contributed by atoms with Crippen molar-refractivity contribution < 1.29 is 14.3 Å². The quantitative estimate of drug-likeness (QED) is 0.173. The highest BCUT2D eigenvalue weighted by Gasteiger charge is 2.15. The molecule has 0 aliphatic heterocycles. The number of anilines is 2. The number of aromatic nitrogens is 2. The van der Waals surface area contributed by atoms with Gasteiger partial charge in [0.1, 0.15) is 0 Å². The van der Waals surface area contributed by atoms with E-state index >= 15 is 0 Å². The van der Waals surface area contributed by atoms with Crippen LogP contribution in [0.4, 0.5) is 11.4 Å². The van der Waals surface area contributed by atoms with Crippen LogP contribution in [-0.4, -0.2) is 82.8 Å². The molecule has 3 aromatic rings. The van der Waals surface area contributed by atoms with E-state index in [2.05, 4.69) is 68.6 Å². The van der Waals surface area contributed by atoms with Gasteiger partial charge in [-0.2, -0.15) is 0 Å². The van der Waals surface area contributed by atoms with Crippen LogP contribution >= 0.6 is 11.8 Å². The first-order valence-electron chi connectivity index (χ1n) is 13.6. The number of ether oxygens (including phenoxy) is 2. The lowest BCUT2D eigenvalue weighted by molar-refractivity contribution is -0.121. The summed E-state index contributed by atoms with van der Waals surface area (Å²) in [5.41, 5.74) is 6.45. The van der Waals surface area contributed by atoms with Crippen LogP contribution in [0.1, 0.15) is 26.2 Å². The zero-order valence-electron chi connectivity index (χ0n) is 24.0. The summed E-state index contributed by atoms with van der Waals surface area (Å²) in [6.45, 7) is 4.83. The first-order valence-corrected chi connectivity index (χ1v) is 14.6.